The molecule has 0 aromatic carbocycles. The van der Waals surface area contributed by atoms with Crippen LogP contribution in [0.5, 0.6) is 0 Å². The van der Waals surface area contributed by atoms with Crippen molar-refractivity contribution in [1.29, 1.82) is 0 Å². The molecule has 6 aliphatic carbocycles. The lowest BCUT2D eigenvalue weighted by Crippen LogP contribution is -2.65. The Kier molecular flexibility index (Phi) is 2.97. The van der Waals surface area contributed by atoms with Gasteiger partial charge in [0.1, 0.15) is 0 Å². The van der Waals surface area contributed by atoms with E-state index in [0.717, 1.165) is 24.7 Å². The molecule has 8 fully saturated rings. The first-order valence-corrected chi connectivity index (χ1v) is 10.7. The smallest absolute Gasteiger partial charge is 0.407 e. The second-order valence-corrected chi connectivity index (χ2v) is 11.7. The molecule has 0 radical (unpaired) electrons. The SMILES string of the molecule is CC1(C)[C@H]2C[C@H]1[C@@]1(C)OB(B3O[C@H]4C[C@@H]5C[C@@H](C5(C)C)[C@@]4(C)O3)O[C@@H]1C2. The highest BCUT2D eigenvalue weighted by Gasteiger charge is 2.73. The Bertz CT molecular complexity index is 612. The summed E-state index contributed by atoms with van der Waals surface area (Å²) in [4.78, 5) is 0. The van der Waals surface area contributed by atoms with Gasteiger partial charge in [-0.3, -0.25) is 0 Å². The third-order valence-electron chi connectivity index (χ3n) is 10.2. The number of hydrogen-bond acceptors (Lipinski definition) is 4. The van der Waals surface area contributed by atoms with E-state index in [9.17, 15) is 0 Å². The van der Waals surface area contributed by atoms with E-state index >= 15 is 0 Å². The molecule has 6 saturated carbocycles. The molecule has 4 bridgehead atoms. The van der Waals surface area contributed by atoms with Gasteiger partial charge in [0.25, 0.3) is 0 Å². The molecule has 0 aromatic heterocycles. The molecule has 0 aromatic rings. The van der Waals surface area contributed by atoms with E-state index in [1.54, 1.807) is 0 Å². The maximum absolute atomic E-state index is 6.60. The molecule has 4 nitrogen and oxygen atoms in total. The molecule has 8 atom stereocenters. The maximum atomic E-state index is 6.60. The van der Waals surface area contributed by atoms with Crippen LogP contribution in [0.4, 0.5) is 0 Å². The average molecular weight is 358 g/mol. The Morgan fingerprint density at radius 1 is 0.615 bits per heavy atom. The van der Waals surface area contributed by atoms with Gasteiger partial charge in [0.2, 0.25) is 0 Å². The molecule has 6 heteroatoms. The Morgan fingerprint density at radius 3 is 1.35 bits per heavy atom. The van der Waals surface area contributed by atoms with Gasteiger partial charge in [0.05, 0.1) is 23.4 Å². The van der Waals surface area contributed by atoms with Crippen molar-refractivity contribution in [2.75, 3.05) is 0 Å². The van der Waals surface area contributed by atoms with Crippen molar-refractivity contribution in [2.45, 2.75) is 90.6 Å². The van der Waals surface area contributed by atoms with Crippen LogP contribution in [0, 0.1) is 34.5 Å². The minimum absolute atomic E-state index is 0.189. The van der Waals surface area contributed by atoms with Gasteiger partial charge in [-0.05, 0) is 74.0 Å². The number of hydrogen-bond donors (Lipinski definition) is 0. The molecule has 0 spiro atoms. The third kappa shape index (κ3) is 1.71. The van der Waals surface area contributed by atoms with Crippen molar-refractivity contribution in [3.63, 3.8) is 0 Å². The minimum Gasteiger partial charge on any atom is -0.407 e. The van der Waals surface area contributed by atoms with Crippen molar-refractivity contribution in [1.82, 2.24) is 0 Å². The van der Waals surface area contributed by atoms with E-state index in [-0.39, 0.29) is 37.4 Å². The van der Waals surface area contributed by atoms with Crippen molar-refractivity contribution in [3.05, 3.63) is 0 Å². The first kappa shape index (κ1) is 16.9. The van der Waals surface area contributed by atoms with Crippen LogP contribution in [0.15, 0.2) is 0 Å². The van der Waals surface area contributed by atoms with Crippen LogP contribution in [0.1, 0.15) is 67.2 Å². The van der Waals surface area contributed by atoms with Crippen LogP contribution in [0.2, 0.25) is 0 Å². The molecule has 26 heavy (non-hydrogen) atoms. The van der Waals surface area contributed by atoms with Gasteiger partial charge in [0.15, 0.2) is 0 Å². The molecular weight excluding hydrogens is 326 g/mol. The standard InChI is InChI=1S/C20H32B2O4/c1-17(2)11-7-13(17)19(5)15(9-11)23-21(25-19)22-24-16-10-12-8-14(18(12,3)4)20(16,6)26-22/h11-16H,7-10H2,1-6H3/t11-,12-,13-,14+,15-,16+,19+,20+/m0/s1. The average Bonchev–Trinajstić information content (AvgIpc) is 3.09. The maximum Gasteiger partial charge on any atom is 0.488 e. The normalized spacial score (nSPS) is 57.9. The molecule has 2 aliphatic heterocycles. The van der Waals surface area contributed by atoms with Crippen LogP contribution in [0.3, 0.4) is 0 Å². The lowest BCUT2D eigenvalue weighted by molar-refractivity contribution is -0.200. The van der Waals surface area contributed by atoms with Gasteiger partial charge in [-0.1, -0.05) is 27.7 Å². The second kappa shape index (κ2) is 4.58. The van der Waals surface area contributed by atoms with Gasteiger partial charge < -0.3 is 18.6 Å². The Labute approximate surface area is 158 Å². The quantitative estimate of drug-likeness (QED) is 0.673. The molecule has 0 amide bonds. The zero-order valence-corrected chi connectivity index (χ0v) is 17.1. The topological polar surface area (TPSA) is 36.9 Å². The van der Waals surface area contributed by atoms with Crippen molar-refractivity contribution >= 4 is 14.0 Å². The lowest BCUT2D eigenvalue weighted by atomic mass is 9.43. The molecule has 8 rings (SSSR count). The van der Waals surface area contributed by atoms with Gasteiger partial charge in [-0.15, -0.1) is 0 Å². The molecule has 142 valence electrons. The summed E-state index contributed by atoms with van der Waals surface area (Å²) in [5, 5.41) is 0. The summed E-state index contributed by atoms with van der Waals surface area (Å²) in [6, 6.07) is 0. The summed E-state index contributed by atoms with van der Waals surface area (Å²) < 4.78 is 26.1. The Balaban J connectivity index is 1.24. The zero-order valence-electron chi connectivity index (χ0n) is 17.1. The van der Waals surface area contributed by atoms with Crippen molar-refractivity contribution < 1.29 is 18.6 Å². The van der Waals surface area contributed by atoms with E-state index < -0.39 is 0 Å². The molecule has 0 unspecified atom stereocenters. The molecular formula is C20H32B2O4. The van der Waals surface area contributed by atoms with Gasteiger partial charge in [-0.25, -0.2) is 0 Å². The minimum atomic E-state index is -0.372. The first-order valence-electron chi connectivity index (χ1n) is 10.7. The number of rotatable bonds is 1. The molecule has 8 aliphatic rings. The molecule has 0 N–H and O–H groups in total. The van der Waals surface area contributed by atoms with Crippen molar-refractivity contribution in [2.24, 2.45) is 34.5 Å². The lowest BCUT2D eigenvalue weighted by Gasteiger charge is -2.64. The summed E-state index contributed by atoms with van der Waals surface area (Å²) in [5.41, 5.74) is 0.357. The zero-order chi connectivity index (χ0) is 18.3. The predicted molar refractivity (Wildman–Crippen MR) is 100 cm³/mol. The van der Waals surface area contributed by atoms with E-state index in [4.69, 9.17) is 18.6 Å². The van der Waals surface area contributed by atoms with E-state index in [2.05, 4.69) is 41.5 Å². The van der Waals surface area contributed by atoms with E-state index in [1.165, 1.54) is 12.8 Å². The largest absolute Gasteiger partial charge is 0.488 e. The monoisotopic (exact) mass is 358 g/mol. The van der Waals surface area contributed by atoms with Crippen molar-refractivity contribution in [3.8, 4) is 0 Å². The first-order chi connectivity index (χ1) is 12.1. The third-order valence-corrected chi connectivity index (χ3v) is 10.2. The van der Waals surface area contributed by atoms with E-state index in [0.29, 0.717) is 22.7 Å². The Morgan fingerprint density at radius 2 is 1.00 bits per heavy atom. The van der Waals surface area contributed by atoms with Crippen LogP contribution in [-0.4, -0.2) is 37.4 Å². The van der Waals surface area contributed by atoms with Crippen LogP contribution >= 0.6 is 0 Å². The summed E-state index contributed by atoms with van der Waals surface area (Å²) in [5.74, 6) is 2.70. The second-order valence-electron chi connectivity index (χ2n) is 11.7. The fourth-order valence-corrected chi connectivity index (χ4v) is 8.03. The highest BCUT2D eigenvalue weighted by molar-refractivity contribution is 7.11. The summed E-state index contributed by atoms with van der Waals surface area (Å²) in [6.45, 7) is 14.1. The van der Waals surface area contributed by atoms with Crippen LogP contribution < -0.4 is 0 Å². The van der Waals surface area contributed by atoms with Gasteiger partial charge in [0, 0.05) is 0 Å². The highest BCUT2D eigenvalue weighted by atomic mass is 16.7. The Hall–Kier alpha value is -0.0301. The fraction of sp³-hybridized carbons (Fsp3) is 1.00. The molecule has 2 saturated heterocycles. The van der Waals surface area contributed by atoms with E-state index in [1.807, 2.05) is 0 Å². The summed E-state index contributed by atoms with van der Waals surface area (Å²) in [7, 11) is -0.745. The fourth-order valence-electron chi connectivity index (χ4n) is 8.03. The predicted octanol–water partition coefficient (Wildman–Crippen LogP) is 3.52. The van der Waals surface area contributed by atoms with Crippen LogP contribution in [0.25, 0.3) is 0 Å². The summed E-state index contributed by atoms with van der Waals surface area (Å²) >= 11 is 0. The van der Waals surface area contributed by atoms with Gasteiger partial charge >= 0.3 is 14.0 Å². The highest BCUT2D eigenvalue weighted by Crippen LogP contribution is 2.67. The summed E-state index contributed by atoms with van der Waals surface area (Å²) in [6.07, 6.45) is 5.17. The van der Waals surface area contributed by atoms with Crippen LogP contribution in [-0.2, 0) is 18.6 Å². The molecule has 2 heterocycles. The van der Waals surface area contributed by atoms with Gasteiger partial charge in [-0.2, -0.15) is 0 Å².